The summed E-state index contributed by atoms with van der Waals surface area (Å²) in [7, 11) is 0. The third-order valence-corrected chi connectivity index (χ3v) is 3.01. The molecule has 88 valence electrons. The molecular weight excluding hydrogens is 307 g/mol. The van der Waals surface area contributed by atoms with E-state index in [-0.39, 0.29) is 6.61 Å². The van der Waals surface area contributed by atoms with Gasteiger partial charge in [-0.15, -0.1) is 0 Å². The van der Waals surface area contributed by atoms with E-state index in [1.54, 1.807) is 18.3 Å². The number of carbonyl (C=O) groups excluding carboxylic acids is 1. The molecule has 0 unspecified atom stereocenters. The fourth-order valence-electron chi connectivity index (χ4n) is 1.43. The minimum Gasteiger partial charge on any atom is -0.480 e. The lowest BCUT2D eigenvalue weighted by Crippen LogP contribution is -2.20. The Balaban J connectivity index is 2.57. The van der Waals surface area contributed by atoms with Crippen LogP contribution >= 0.6 is 27.5 Å². The first kappa shape index (κ1) is 12.1. The molecule has 1 aromatic heterocycles. The van der Waals surface area contributed by atoms with E-state index in [2.05, 4.69) is 20.9 Å². The molecule has 1 heterocycles. The lowest BCUT2D eigenvalue weighted by molar-refractivity contribution is -0.119. The van der Waals surface area contributed by atoms with Crippen LogP contribution in [-0.4, -0.2) is 17.5 Å². The SMILES string of the molecule is NC(=O)COc1c(Br)cc(Cl)c2cccnc12. The number of rotatable bonds is 3. The molecule has 2 N–H and O–H groups in total. The molecular formula is C11H8BrClN2O2. The molecule has 0 radical (unpaired) electrons. The second-order valence-corrected chi connectivity index (χ2v) is 4.59. The number of nitrogens with zero attached hydrogens (tertiary/aromatic N) is 1. The zero-order chi connectivity index (χ0) is 12.4. The van der Waals surface area contributed by atoms with Gasteiger partial charge in [0.15, 0.2) is 12.4 Å². The number of primary amides is 1. The Morgan fingerprint density at radius 1 is 1.59 bits per heavy atom. The number of halogens is 2. The average molecular weight is 316 g/mol. The van der Waals surface area contributed by atoms with Crippen LogP contribution in [0.15, 0.2) is 28.9 Å². The van der Waals surface area contributed by atoms with Crippen LogP contribution in [0, 0.1) is 0 Å². The van der Waals surface area contributed by atoms with E-state index in [1.165, 1.54) is 0 Å². The highest BCUT2D eigenvalue weighted by atomic mass is 79.9. The quantitative estimate of drug-likeness (QED) is 0.946. The third kappa shape index (κ3) is 2.50. The first-order valence-corrected chi connectivity index (χ1v) is 5.90. The van der Waals surface area contributed by atoms with Crippen LogP contribution in [0.5, 0.6) is 5.75 Å². The minimum absolute atomic E-state index is 0.202. The van der Waals surface area contributed by atoms with Gasteiger partial charge in [-0.2, -0.15) is 0 Å². The molecule has 2 aromatic rings. The highest BCUT2D eigenvalue weighted by molar-refractivity contribution is 9.10. The Morgan fingerprint density at radius 2 is 2.35 bits per heavy atom. The van der Waals surface area contributed by atoms with Crippen molar-refractivity contribution in [1.82, 2.24) is 4.98 Å². The number of fused-ring (bicyclic) bond motifs is 1. The summed E-state index contributed by atoms with van der Waals surface area (Å²) in [5.74, 6) is -0.0836. The van der Waals surface area contributed by atoms with Gasteiger partial charge in [-0.05, 0) is 34.1 Å². The summed E-state index contributed by atoms with van der Waals surface area (Å²) in [6.45, 7) is -0.202. The topological polar surface area (TPSA) is 65.2 Å². The van der Waals surface area contributed by atoms with Crippen LogP contribution < -0.4 is 10.5 Å². The number of nitrogens with two attached hydrogens (primary N) is 1. The van der Waals surface area contributed by atoms with Crippen molar-refractivity contribution in [2.45, 2.75) is 0 Å². The number of ether oxygens (including phenoxy) is 1. The second-order valence-electron chi connectivity index (χ2n) is 3.32. The number of hydrogen-bond donors (Lipinski definition) is 1. The number of benzene rings is 1. The molecule has 0 fully saturated rings. The van der Waals surface area contributed by atoms with Gasteiger partial charge in [0.1, 0.15) is 5.52 Å². The summed E-state index contributed by atoms with van der Waals surface area (Å²) in [6.07, 6.45) is 1.63. The maximum Gasteiger partial charge on any atom is 0.255 e. The molecule has 0 aliphatic heterocycles. The van der Waals surface area contributed by atoms with Crippen molar-refractivity contribution in [2.24, 2.45) is 5.73 Å². The first-order valence-electron chi connectivity index (χ1n) is 4.73. The van der Waals surface area contributed by atoms with E-state index in [0.717, 1.165) is 5.39 Å². The summed E-state index contributed by atoms with van der Waals surface area (Å²) < 4.78 is 5.96. The minimum atomic E-state index is -0.545. The van der Waals surface area contributed by atoms with Gasteiger partial charge in [-0.25, -0.2) is 0 Å². The van der Waals surface area contributed by atoms with Gasteiger partial charge in [0, 0.05) is 11.6 Å². The van der Waals surface area contributed by atoms with Crippen molar-refractivity contribution in [3.05, 3.63) is 33.9 Å². The fourth-order valence-corrected chi connectivity index (χ4v) is 2.35. The van der Waals surface area contributed by atoms with Crippen molar-refractivity contribution in [3.63, 3.8) is 0 Å². The fraction of sp³-hybridized carbons (Fsp3) is 0.0909. The monoisotopic (exact) mass is 314 g/mol. The summed E-state index contributed by atoms with van der Waals surface area (Å²) in [4.78, 5) is 14.9. The normalized spacial score (nSPS) is 10.5. The van der Waals surface area contributed by atoms with Gasteiger partial charge in [0.05, 0.1) is 9.50 Å². The van der Waals surface area contributed by atoms with Crippen LogP contribution in [0.25, 0.3) is 10.9 Å². The van der Waals surface area contributed by atoms with Gasteiger partial charge >= 0.3 is 0 Å². The Labute approximate surface area is 111 Å². The maximum atomic E-state index is 10.7. The molecule has 1 amide bonds. The van der Waals surface area contributed by atoms with Crippen LogP contribution in [0.3, 0.4) is 0 Å². The molecule has 0 aliphatic carbocycles. The van der Waals surface area contributed by atoms with E-state index in [0.29, 0.717) is 20.8 Å². The molecule has 0 atom stereocenters. The van der Waals surface area contributed by atoms with Gasteiger partial charge in [-0.3, -0.25) is 9.78 Å². The second kappa shape index (κ2) is 4.89. The Kier molecular flexibility index (Phi) is 3.49. The molecule has 0 saturated carbocycles. The molecule has 6 heteroatoms. The van der Waals surface area contributed by atoms with Crippen LogP contribution in [0.1, 0.15) is 0 Å². The zero-order valence-electron chi connectivity index (χ0n) is 8.61. The van der Waals surface area contributed by atoms with E-state index in [1.807, 2.05) is 6.07 Å². The van der Waals surface area contributed by atoms with Crippen LogP contribution in [-0.2, 0) is 4.79 Å². The predicted molar refractivity (Wildman–Crippen MR) is 69.1 cm³/mol. The molecule has 1 aromatic carbocycles. The lowest BCUT2D eigenvalue weighted by atomic mass is 10.2. The molecule has 2 rings (SSSR count). The van der Waals surface area contributed by atoms with Gasteiger partial charge in [0.2, 0.25) is 0 Å². The summed E-state index contributed by atoms with van der Waals surface area (Å²) in [5, 5.41) is 1.32. The number of amides is 1. The Bertz CT molecular complexity index is 589. The highest BCUT2D eigenvalue weighted by Gasteiger charge is 2.12. The summed E-state index contributed by atoms with van der Waals surface area (Å²) >= 11 is 9.40. The molecule has 17 heavy (non-hydrogen) atoms. The Hall–Kier alpha value is -1.33. The highest BCUT2D eigenvalue weighted by Crippen LogP contribution is 2.36. The molecule has 4 nitrogen and oxygen atoms in total. The van der Waals surface area contributed by atoms with Crippen molar-refractivity contribution in [1.29, 1.82) is 0 Å². The molecule has 0 spiro atoms. The van der Waals surface area contributed by atoms with E-state index in [9.17, 15) is 4.79 Å². The zero-order valence-corrected chi connectivity index (χ0v) is 11.0. The van der Waals surface area contributed by atoms with Crippen molar-refractivity contribution >= 4 is 44.3 Å². The number of hydrogen-bond acceptors (Lipinski definition) is 3. The van der Waals surface area contributed by atoms with E-state index < -0.39 is 5.91 Å². The van der Waals surface area contributed by atoms with Crippen molar-refractivity contribution < 1.29 is 9.53 Å². The van der Waals surface area contributed by atoms with E-state index >= 15 is 0 Å². The van der Waals surface area contributed by atoms with Gasteiger partial charge in [0.25, 0.3) is 5.91 Å². The number of carbonyl (C=O) groups is 1. The first-order chi connectivity index (χ1) is 8.09. The van der Waals surface area contributed by atoms with Crippen LogP contribution in [0.2, 0.25) is 5.02 Å². The standard InChI is InChI=1S/C11H8BrClN2O2/c12-7-4-8(13)6-2-1-3-15-10(6)11(7)17-5-9(14)16/h1-4H,5H2,(H2,14,16). The molecule has 0 bridgehead atoms. The van der Waals surface area contributed by atoms with Crippen molar-refractivity contribution in [3.8, 4) is 5.75 Å². The van der Waals surface area contributed by atoms with Crippen molar-refractivity contribution in [2.75, 3.05) is 6.61 Å². The Morgan fingerprint density at radius 3 is 3.06 bits per heavy atom. The predicted octanol–water partition coefficient (Wildman–Crippen LogP) is 2.51. The molecule has 0 aliphatic rings. The average Bonchev–Trinajstić information content (AvgIpc) is 2.28. The largest absolute Gasteiger partial charge is 0.480 e. The van der Waals surface area contributed by atoms with Crippen LogP contribution in [0.4, 0.5) is 0 Å². The summed E-state index contributed by atoms with van der Waals surface area (Å²) in [6, 6.07) is 5.30. The summed E-state index contributed by atoms with van der Waals surface area (Å²) in [5.41, 5.74) is 5.63. The smallest absolute Gasteiger partial charge is 0.255 e. The van der Waals surface area contributed by atoms with Gasteiger partial charge < -0.3 is 10.5 Å². The number of aromatic nitrogens is 1. The molecule has 0 saturated heterocycles. The third-order valence-electron chi connectivity index (χ3n) is 2.11. The lowest BCUT2D eigenvalue weighted by Gasteiger charge is -2.10. The maximum absolute atomic E-state index is 10.7. The van der Waals surface area contributed by atoms with E-state index in [4.69, 9.17) is 22.1 Å². The number of pyridine rings is 1. The van der Waals surface area contributed by atoms with Gasteiger partial charge in [-0.1, -0.05) is 11.6 Å².